The highest BCUT2D eigenvalue weighted by atomic mass is 35.5. The first-order chi connectivity index (χ1) is 7.47. The number of oxazole rings is 1. The van der Waals surface area contributed by atoms with Gasteiger partial charge in [0.15, 0.2) is 11.7 Å². The van der Waals surface area contributed by atoms with Crippen LogP contribution in [0.4, 0.5) is 0 Å². The van der Waals surface area contributed by atoms with E-state index in [1.165, 1.54) is 0 Å². The summed E-state index contributed by atoms with van der Waals surface area (Å²) in [5.74, 6) is 1.53. The first-order valence-corrected chi connectivity index (χ1v) is 5.57. The zero-order valence-electron chi connectivity index (χ0n) is 9.62. The fourth-order valence-corrected chi connectivity index (χ4v) is 1.49. The van der Waals surface area contributed by atoms with Crippen LogP contribution in [0.1, 0.15) is 26.7 Å². The Morgan fingerprint density at radius 2 is 1.75 bits per heavy atom. The molecule has 0 amide bonds. The summed E-state index contributed by atoms with van der Waals surface area (Å²) in [6.07, 6.45) is 1.75. The van der Waals surface area contributed by atoms with Gasteiger partial charge in [0.05, 0.1) is 6.20 Å². The summed E-state index contributed by atoms with van der Waals surface area (Å²) in [6.45, 7) is 6.22. The normalized spacial score (nSPS) is 11.8. The molecule has 0 aliphatic heterocycles. The topological polar surface area (TPSA) is 26.0 Å². The lowest BCUT2D eigenvalue weighted by Crippen LogP contribution is -2.10. The Morgan fingerprint density at radius 3 is 2.25 bits per heavy atom. The van der Waals surface area contributed by atoms with Crippen LogP contribution in [-0.2, 0) is 5.41 Å². The van der Waals surface area contributed by atoms with Gasteiger partial charge >= 0.3 is 0 Å². The maximum absolute atomic E-state index is 5.83. The number of halogens is 1. The molecule has 0 fully saturated rings. The van der Waals surface area contributed by atoms with Crippen LogP contribution in [0.5, 0.6) is 0 Å². The van der Waals surface area contributed by atoms with Crippen LogP contribution in [0.2, 0.25) is 5.02 Å². The van der Waals surface area contributed by atoms with Crippen molar-refractivity contribution in [2.75, 3.05) is 0 Å². The van der Waals surface area contributed by atoms with Crippen LogP contribution in [0.25, 0.3) is 11.3 Å². The zero-order valence-corrected chi connectivity index (χ0v) is 10.4. The highest BCUT2D eigenvalue weighted by Crippen LogP contribution is 2.27. The smallest absolute Gasteiger partial charge is 0.200 e. The Labute approximate surface area is 100 Å². The van der Waals surface area contributed by atoms with Crippen molar-refractivity contribution in [2.45, 2.75) is 26.2 Å². The van der Waals surface area contributed by atoms with Gasteiger partial charge < -0.3 is 4.42 Å². The SMILES string of the molecule is CC(C)(C)c1ncc(-c2ccc(Cl)cc2)o1. The average molecular weight is 236 g/mol. The van der Waals surface area contributed by atoms with Crippen molar-refractivity contribution in [2.24, 2.45) is 0 Å². The van der Waals surface area contributed by atoms with Gasteiger partial charge in [0.2, 0.25) is 0 Å². The summed E-state index contributed by atoms with van der Waals surface area (Å²) in [5, 5.41) is 0.722. The maximum Gasteiger partial charge on any atom is 0.200 e. The molecule has 2 rings (SSSR count). The van der Waals surface area contributed by atoms with E-state index >= 15 is 0 Å². The minimum absolute atomic E-state index is 0.0648. The Bertz CT molecular complexity index is 479. The molecule has 0 N–H and O–H groups in total. The van der Waals surface area contributed by atoms with E-state index in [-0.39, 0.29) is 5.41 Å². The molecule has 0 aliphatic rings. The summed E-state index contributed by atoms with van der Waals surface area (Å²) in [6, 6.07) is 7.54. The molecule has 3 heteroatoms. The van der Waals surface area contributed by atoms with Crippen LogP contribution in [-0.4, -0.2) is 4.98 Å². The molecule has 0 atom stereocenters. The number of nitrogens with zero attached hydrogens (tertiary/aromatic N) is 1. The van der Waals surface area contributed by atoms with Crippen molar-refractivity contribution < 1.29 is 4.42 Å². The Kier molecular flexibility index (Phi) is 2.76. The molecule has 0 aliphatic carbocycles. The monoisotopic (exact) mass is 235 g/mol. The van der Waals surface area contributed by atoms with Gasteiger partial charge in [-0.25, -0.2) is 4.98 Å². The number of hydrogen-bond donors (Lipinski definition) is 0. The van der Waals surface area contributed by atoms with Gasteiger partial charge in [-0.3, -0.25) is 0 Å². The van der Waals surface area contributed by atoms with Crippen LogP contribution in [0, 0.1) is 0 Å². The van der Waals surface area contributed by atoms with E-state index in [1.807, 2.05) is 24.3 Å². The quantitative estimate of drug-likeness (QED) is 0.737. The summed E-state index contributed by atoms with van der Waals surface area (Å²) in [4.78, 5) is 4.29. The molecule has 2 nitrogen and oxygen atoms in total. The predicted octanol–water partition coefficient (Wildman–Crippen LogP) is 4.29. The van der Waals surface area contributed by atoms with Gasteiger partial charge in [-0.05, 0) is 24.3 Å². The van der Waals surface area contributed by atoms with Gasteiger partial charge in [-0.15, -0.1) is 0 Å². The molecule has 0 spiro atoms. The number of aromatic nitrogens is 1. The second-order valence-electron chi connectivity index (χ2n) is 4.79. The minimum atomic E-state index is -0.0648. The third-order valence-corrected chi connectivity index (χ3v) is 2.53. The summed E-state index contributed by atoms with van der Waals surface area (Å²) in [7, 11) is 0. The first-order valence-electron chi connectivity index (χ1n) is 5.19. The lowest BCUT2D eigenvalue weighted by atomic mass is 9.97. The van der Waals surface area contributed by atoms with Crippen molar-refractivity contribution in [3.63, 3.8) is 0 Å². The van der Waals surface area contributed by atoms with Crippen molar-refractivity contribution in [1.82, 2.24) is 4.98 Å². The summed E-state index contributed by atoms with van der Waals surface area (Å²) >= 11 is 5.83. The molecule has 84 valence electrons. The van der Waals surface area contributed by atoms with Crippen LogP contribution in [0.3, 0.4) is 0 Å². The molecule has 1 heterocycles. The van der Waals surface area contributed by atoms with Crippen LogP contribution >= 0.6 is 11.6 Å². The van der Waals surface area contributed by atoms with Gasteiger partial charge in [0.1, 0.15) is 0 Å². The second kappa shape index (κ2) is 3.95. The molecule has 0 saturated carbocycles. The number of hydrogen-bond acceptors (Lipinski definition) is 2. The highest BCUT2D eigenvalue weighted by molar-refractivity contribution is 6.30. The van der Waals surface area contributed by atoms with Crippen molar-refractivity contribution >= 4 is 11.6 Å². The molecular weight excluding hydrogens is 222 g/mol. The van der Waals surface area contributed by atoms with E-state index in [9.17, 15) is 0 Å². The van der Waals surface area contributed by atoms with E-state index in [0.717, 1.165) is 22.2 Å². The average Bonchev–Trinajstić information content (AvgIpc) is 2.67. The summed E-state index contributed by atoms with van der Waals surface area (Å²) in [5.41, 5.74) is 0.928. The fraction of sp³-hybridized carbons (Fsp3) is 0.308. The van der Waals surface area contributed by atoms with Gasteiger partial charge in [0.25, 0.3) is 0 Å². The second-order valence-corrected chi connectivity index (χ2v) is 5.22. The van der Waals surface area contributed by atoms with Crippen molar-refractivity contribution in [3.05, 3.63) is 41.4 Å². The predicted molar refractivity (Wildman–Crippen MR) is 65.6 cm³/mol. The molecule has 0 bridgehead atoms. The summed E-state index contributed by atoms with van der Waals surface area (Å²) < 4.78 is 5.72. The van der Waals surface area contributed by atoms with E-state index in [1.54, 1.807) is 6.20 Å². The lowest BCUT2D eigenvalue weighted by Gasteiger charge is -2.12. The Balaban J connectivity index is 2.35. The minimum Gasteiger partial charge on any atom is -0.440 e. The molecule has 0 unspecified atom stereocenters. The lowest BCUT2D eigenvalue weighted by molar-refractivity contribution is 0.399. The fourth-order valence-electron chi connectivity index (χ4n) is 1.37. The van der Waals surface area contributed by atoms with Gasteiger partial charge in [0, 0.05) is 16.0 Å². The third-order valence-electron chi connectivity index (χ3n) is 2.28. The van der Waals surface area contributed by atoms with Crippen LogP contribution in [0.15, 0.2) is 34.9 Å². The molecule has 2 aromatic rings. The maximum atomic E-state index is 5.83. The van der Waals surface area contributed by atoms with Crippen molar-refractivity contribution in [1.29, 1.82) is 0 Å². The molecule has 1 aromatic carbocycles. The molecule has 0 radical (unpaired) electrons. The van der Waals surface area contributed by atoms with Crippen LogP contribution < -0.4 is 0 Å². The molecule has 1 aromatic heterocycles. The Morgan fingerprint density at radius 1 is 1.12 bits per heavy atom. The number of rotatable bonds is 1. The van der Waals surface area contributed by atoms with Gasteiger partial charge in [-0.1, -0.05) is 32.4 Å². The van der Waals surface area contributed by atoms with Gasteiger partial charge in [-0.2, -0.15) is 0 Å². The zero-order chi connectivity index (χ0) is 11.8. The van der Waals surface area contributed by atoms with E-state index in [4.69, 9.17) is 16.0 Å². The molecule has 0 saturated heterocycles. The largest absolute Gasteiger partial charge is 0.440 e. The number of benzene rings is 1. The molecule has 16 heavy (non-hydrogen) atoms. The Hall–Kier alpha value is -1.28. The first kappa shape index (κ1) is 11.2. The van der Waals surface area contributed by atoms with E-state index < -0.39 is 0 Å². The molecular formula is C13H14ClNO. The third kappa shape index (κ3) is 2.27. The van der Waals surface area contributed by atoms with E-state index in [2.05, 4.69) is 25.8 Å². The standard InChI is InChI=1S/C13H14ClNO/c1-13(2,3)12-15-8-11(16-12)9-4-6-10(14)7-5-9/h4-8H,1-3H3. The van der Waals surface area contributed by atoms with Crippen molar-refractivity contribution in [3.8, 4) is 11.3 Å². The van der Waals surface area contributed by atoms with E-state index in [0.29, 0.717) is 0 Å². The highest BCUT2D eigenvalue weighted by Gasteiger charge is 2.20.